The van der Waals surface area contributed by atoms with Crippen LogP contribution >= 0.6 is 15.9 Å². The average Bonchev–Trinajstić information content (AvgIpc) is 2.68. The lowest BCUT2D eigenvalue weighted by Gasteiger charge is -2.07. The topological polar surface area (TPSA) is 61.3 Å². The van der Waals surface area contributed by atoms with E-state index in [1.165, 1.54) is 0 Å². The molecule has 0 bridgehead atoms. The molecular weight excluding hydrogens is 272 g/mol. The van der Waals surface area contributed by atoms with Gasteiger partial charge in [0, 0.05) is 16.1 Å². The molecule has 0 unspecified atom stereocenters. The molecule has 0 amide bonds. The number of ether oxygens (including phenoxy) is 1. The number of anilines is 1. The van der Waals surface area contributed by atoms with Gasteiger partial charge in [0.05, 0.1) is 7.11 Å². The summed E-state index contributed by atoms with van der Waals surface area (Å²) < 4.78 is 11.0. The van der Waals surface area contributed by atoms with Crippen molar-refractivity contribution in [3.8, 4) is 17.0 Å². The zero-order chi connectivity index (χ0) is 11.7. The average molecular weight is 283 g/mol. The minimum atomic E-state index is 0.294. The van der Waals surface area contributed by atoms with Gasteiger partial charge >= 0.3 is 0 Å². The Hall–Kier alpha value is -1.49. The molecule has 2 N–H and O–H groups in total. The first-order valence-corrected chi connectivity index (χ1v) is 5.48. The van der Waals surface area contributed by atoms with E-state index in [1.54, 1.807) is 13.2 Å². The Morgan fingerprint density at radius 1 is 1.38 bits per heavy atom. The van der Waals surface area contributed by atoms with E-state index in [0.29, 0.717) is 11.6 Å². The third-order valence-corrected chi connectivity index (χ3v) is 3.32. The fourth-order valence-electron chi connectivity index (χ4n) is 1.46. The molecule has 2 aromatic rings. The van der Waals surface area contributed by atoms with Crippen LogP contribution in [0.3, 0.4) is 0 Å². The van der Waals surface area contributed by atoms with E-state index < -0.39 is 0 Å². The summed E-state index contributed by atoms with van der Waals surface area (Å²) in [5.41, 5.74) is 8.15. The third-order valence-electron chi connectivity index (χ3n) is 2.27. The van der Waals surface area contributed by atoms with Crippen molar-refractivity contribution >= 4 is 21.8 Å². The van der Waals surface area contributed by atoms with Gasteiger partial charge in [0.25, 0.3) is 0 Å². The molecule has 5 heteroatoms. The largest absolute Gasteiger partial charge is 0.497 e. The van der Waals surface area contributed by atoms with Gasteiger partial charge in [0.2, 0.25) is 5.88 Å². The molecule has 0 spiro atoms. The van der Waals surface area contributed by atoms with Crippen LogP contribution in [0.15, 0.2) is 27.2 Å². The van der Waals surface area contributed by atoms with Crippen LogP contribution in [0.2, 0.25) is 0 Å². The first-order valence-electron chi connectivity index (χ1n) is 4.68. The van der Waals surface area contributed by atoms with Gasteiger partial charge in [-0.3, -0.25) is 0 Å². The van der Waals surface area contributed by atoms with Crippen LogP contribution in [0.5, 0.6) is 5.75 Å². The first-order chi connectivity index (χ1) is 7.61. The third kappa shape index (κ3) is 1.90. The van der Waals surface area contributed by atoms with Crippen LogP contribution < -0.4 is 10.5 Å². The zero-order valence-electron chi connectivity index (χ0n) is 8.95. The standard InChI is InChI=1S/C11H11BrN2O2/c1-6-3-7(15-2)4-8(11(6)12)9-5-10(13)16-14-9/h3-5H,13H2,1-2H3. The number of benzene rings is 1. The summed E-state index contributed by atoms with van der Waals surface area (Å²) in [5.74, 6) is 1.07. The molecule has 0 aliphatic rings. The van der Waals surface area contributed by atoms with Crippen molar-refractivity contribution in [2.24, 2.45) is 0 Å². The van der Waals surface area contributed by atoms with Crippen molar-refractivity contribution in [2.45, 2.75) is 6.92 Å². The van der Waals surface area contributed by atoms with Crippen LogP contribution in [0, 0.1) is 6.92 Å². The molecule has 2 rings (SSSR count). The van der Waals surface area contributed by atoms with Gasteiger partial charge < -0.3 is 15.0 Å². The van der Waals surface area contributed by atoms with E-state index in [2.05, 4.69) is 21.1 Å². The van der Waals surface area contributed by atoms with Gasteiger partial charge in [-0.25, -0.2) is 0 Å². The second-order valence-corrected chi connectivity index (χ2v) is 4.21. The van der Waals surface area contributed by atoms with Crippen LogP contribution in [0.25, 0.3) is 11.3 Å². The highest BCUT2D eigenvalue weighted by atomic mass is 79.9. The van der Waals surface area contributed by atoms with E-state index in [0.717, 1.165) is 21.3 Å². The second kappa shape index (κ2) is 4.17. The molecule has 84 valence electrons. The van der Waals surface area contributed by atoms with Crippen LogP contribution in [-0.2, 0) is 0 Å². The fraction of sp³-hybridized carbons (Fsp3) is 0.182. The number of aromatic nitrogens is 1. The van der Waals surface area contributed by atoms with E-state index >= 15 is 0 Å². The van der Waals surface area contributed by atoms with E-state index in [1.807, 2.05) is 19.1 Å². The van der Waals surface area contributed by atoms with Gasteiger partial charge in [0.1, 0.15) is 11.4 Å². The summed E-state index contributed by atoms with van der Waals surface area (Å²) in [6.45, 7) is 1.99. The molecule has 0 saturated heterocycles. The van der Waals surface area contributed by atoms with Crippen molar-refractivity contribution in [3.05, 3.63) is 28.2 Å². The summed E-state index contributed by atoms with van der Waals surface area (Å²) in [6, 6.07) is 5.50. The monoisotopic (exact) mass is 282 g/mol. The number of hydrogen-bond donors (Lipinski definition) is 1. The van der Waals surface area contributed by atoms with Crippen molar-refractivity contribution in [3.63, 3.8) is 0 Å². The molecule has 0 aliphatic carbocycles. The van der Waals surface area contributed by atoms with Crippen LogP contribution in [0.1, 0.15) is 5.56 Å². The number of rotatable bonds is 2. The Balaban J connectivity index is 2.59. The summed E-state index contributed by atoms with van der Waals surface area (Å²) >= 11 is 3.51. The lowest BCUT2D eigenvalue weighted by atomic mass is 10.1. The van der Waals surface area contributed by atoms with Crippen LogP contribution in [-0.4, -0.2) is 12.3 Å². The molecule has 16 heavy (non-hydrogen) atoms. The molecule has 4 nitrogen and oxygen atoms in total. The summed E-state index contributed by atoms with van der Waals surface area (Å²) in [5, 5.41) is 3.88. The lowest BCUT2D eigenvalue weighted by molar-refractivity contribution is 0.414. The molecule has 0 atom stereocenters. The summed E-state index contributed by atoms with van der Waals surface area (Å²) in [7, 11) is 1.63. The van der Waals surface area contributed by atoms with Gasteiger partial charge in [-0.05, 0) is 40.5 Å². The molecule has 1 aromatic heterocycles. The molecular formula is C11H11BrN2O2. The predicted molar refractivity (Wildman–Crippen MR) is 65.3 cm³/mol. The Morgan fingerprint density at radius 3 is 2.69 bits per heavy atom. The number of hydrogen-bond acceptors (Lipinski definition) is 4. The van der Waals surface area contributed by atoms with E-state index in [4.69, 9.17) is 15.0 Å². The number of halogens is 1. The predicted octanol–water partition coefficient (Wildman–Crippen LogP) is 3.00. The fourth-order valence-corrected chi connectivity index (χ4v) is 1.89. The normalized spacial score (nSPS) is 10.4. The zero-order valence-corrected chi connectivity index (χ0v) is 10.5. The summed E-state index contributed by atoms with van der Waals surface area (Å²) in [6.07, 6.45) is 0. The molecule has 0 radical (unpaired) electrons. The Labute approximate surface area is 102 Å². The second-order valence-electron chi connectivity index (χ2n) is 3.42. The smallest absolute Gasteiger partial charge is 0.222 e. The summed E-state index contributed by atoms with van der Waals surface area (Å²) in [4.78, 5) is 0. The number of nitrogens with two attached hydrogens (primary N) is 1. The van der Waals surface area contributed by atoms with E-state index in [-0.39, 0.29) is 0 Å². The minimum Gasteiger partial charge on any atom is -0.497 e. The SMILES string of the molecule is COc1cc(C)c(Br)c(-c2cc(N)on2)c1. The van der Waals surface area contributed by atoms with Crippen molar-refractivity contribution in [2.75, 3.05) is 12.8 Å². The highest BCUT2D eigenvalue weighted by Gasteiger charge is 2.12. The van der Waals surface area contributed by atoms with Gasteiger partial charge in [-0.1, -0.05) is 5.16 Å². The quantitative estimate of drug-likeness (QED) is 0.920. The Morgan fingerprint density at radius 2 is 2.12 bits per heavy atom. The number of nitrogen functional groups attached to an aromatic ring is 1. The highest BCUT2D eigenvalue weighted by molar-refractivity contribution is 9.10. The molecule has 1 heterocycles. The molecule has 0 aliphatic heterocycles. The van der Waals surface area contributed by atoms with Crippen LogP contribution in [0.4, 0.5) is 5.88 Å². The number of methoxy groups -OCH3 is 1. The highest BCUT2D eigenvalue weighted by Crippen LogP contribution is 2.34. The maximum atomic E-state index is 5.50. The lowest BCUT2D eigenvalue weighted by Crippen LogP contribution is -1.89. The molecule has 1 aromatic carbocycles. The van der Waals surface area contributed by atoms with Gasteiger partial charge in [-0.15, -0.1) is 0 Å². The molecule has 0 saturated carbocycles. The maximum Gasteiger partial charge on any atom is 0.222 e. The number of nitrogens with zero attached hydrogens (tertiary/aromatic N) is 1. The van der Waals surface area contributed by atoms with Crippen molar-refractivity contribution < 1.29 is 9.26 Å². The van der Waals surface area contributed by atoms with E-state index in [9.17, 15) is 0 Å². The molecule has 0 fully saturated rings. The minimum absolute atomic E-state index is 0.294. The van der Waals surface area contributed by atoms with Crippen molar-refractivity contribution in [1.29, 1.82) is 0 Å². The maximum absolute atomic E-state index is 5.50. The van der Waals surface area contributed by atoms with Crippen molar-refractivity contribution in [1.82, 2.24) is 5.16 Å². The Bertz CT molecular complexity index is 523. The first kappa shape index (κ1) is 11.0. The Kier molecular flexibility index (Phi) is 2.87. The number of aryl methyl sites for hydroxylation is 1. The van der Waals surface area contributed by atoms with Gasteiger partial charge in [0.15, 0.2) is 0 Å². The van der Waals surface area contributed by atoms with Gasteiger partial charge in [-0.2, -0.15) is 0 Å².